The molecule has 52 valence electrons. The van der Waals surface area contributed by atoms with Crippen LogP contribution in [0, 0.1) is 0 Å². The van der Waals surface area contributed by atoms with Crippen LogP contribution in [0.4, 0.5) is 0 Å². The van der Waals surface area contributed by atoms with Crippen molar-refractivity contribution in [3.05, 3.63) is 48.6 Å². The summed E-state index contributed by atoms with van der Waals surface area (Å²) in [6.45, 7) is 5.88. The van der Waals surface area contributed by atoms with E-state index >= 15 is 0 Å². The third-order valence-corrected chi connectivity index (χ3v) is 1.68. The lowest BCUT2D eigenvalue weighted by molar-refractivity contribution is 0.971. The summed E-state index contributed by atoms with van der Waals surface area (Å²) >= 11 is 0. The lowest BCUT2D eigenvalue weighted by atomic mass is 10.0. The summed E-state index contributed by atoms with van der Waals surface area (Å²) in [7, 11) is 0. The monoisotopic (exact) mass is 132 g/mol. The summed E-state index contributed by atoms with van der Waals surface area (Å²) in [6, 6.07) is 10.4. The van der Waals surface area contributed by atoms with Crippen LogP contribution in [-0.2, 0) is 0 Å². The molecule has 0 radical (unpaired) electrons. The minimum Gasteiger partial charge on any atom is -0.102 e. The van der Waals surface area contributed by atoms with Gasteiger partial charge in [-0.1, -0.05) is 43.3 Å². The average Bonchev–Trinajstić information content (AvgIpc) is 2.05. The molecule has 0 spiro atoms. The van der Waals surface area contributed by atoms with Crippen LogP contribution in [0.5, 0.6) is 0 Å². The average molecular weight is 132 g/mol. The smallest absolute Gasteiger partial charge is 0.00131 e. The van der Waals surface area contributed by atoms with Crippen LogP contribution >= 0.6 is 0 Å². The minimum atomic E-state index is 0.473. The molecular weight excluding hydrogens is 120 g/mol. The highest BCUT2D eigenvalue weighted by molar-refractivity contribution is 5.21. The predicted octanol–water partition coefficient (Wildman–Crippen LogP) is 2.98. The first-order chi connectivity index (χ1) is 4.84. The van der Waals surface area contributed by atoms with E-state index in [-0.39, 0.29) is 0 Å². The quantitative estimate of drug-likeness (QED) is 0.543. The first-order valence-electron chi connectivity index (χ1n) is 3.52. The zero-order valence-corrected chi connectivity index (χ0v) is 6.25. The van der Waals surface area contributed by atoms with E-state index in [9.17, 15) is 0 Å². The molecule has 0 heterocycles. The predicted molar refractivity (Wildman–Crippen MR) is 45.1 cm³/mol. The second-order valence-electron chi connectivity index (χ2n) is 2.44. The van der Waals surface area contributed by atoms with E-state index in [2.05, 4.69) is 37.8 Å². The summed E-state index contributed by atoms with van der Waals surface area (Å²) < 4.78 is 0. The zero-order chi connectivity index (χ0) is 7.40. The number of hydrogen-bond acceptors (Lipinski definition) is 0. The number of benzene rings is 1. The largest absolute Gasteiger partial charge is 0.102 e. The van der Waals surface area contributed by atoms with Crippen molar-refractivity contribution in [2.75, 3.05) is 0 Å². The Morgan fingerprint density at radius 1 is 1.30 bits per heavy atom. The Kier molecular flexibility index (Phi) is 2.27. The van der Waals surface area contributed by atoms with Crippen LogP contribution in [-0.4, -0.2) is 0 Å². The van der Waals surface area contributed by atoms with Gasteiger partial charge in [-0.25, -0.2) is 0 Å². The maximum atomic E-state index is 3.74. The maximum Gasteiger partial charge on any atom is -0.00131 e. The Morgan fingerprint density at radius 2 is 1.90 bits per heavy atom. The molecule has 0 aliphatic rings. The molecule has 0 aliphatic heterocycles. The minimum absolute atomic E-state index is 0.473. The third kappa shape index (κ3) is 1.47. The Morgan fingerprint density at radius 3 is 2.40 bits per heavy atom. The maximum absolute atomic E-state index is 3.74. The molecule has 10 heavy (non-hydrogen) atoms. The van der Waals surface area contributed by atoms with Gasteiger partial charge in [0, 0.05) is 0 Å². The van der Waals surface area contributed by atoms with Gasteiger partial charge < -0.3 is 0 Å². The molecule has 0 nitrogen and oxygen atoms in total. The van der Waals surface area contributed by atoms with Gasteiger partial charge in [-0.2, -0.15) is 0 Å². The number of rotatable bonds is 2. The van der Waals surface area contributed by atoms with E-state index < -0.39 is 0 Å². The molecule has 0 heteroatoms. The molecule has 0 aromatic heterocycles. The first-order valence-corrected chi connectivity index (χ1v) is 3.52. The lowest BCUT2D eigenvalue weighted by Crippen LogP contribution is -1.85. The molecule has 1 atom stereocenters. The Hall–Kier alpha value is -1.04. The Balaban J connectivity index is 2.84. The molecule has 0 unspecified atom stereocenters. The van der Waals surface area contributed by atoms with Gasteiger partial charge in [-0.3, -0.25) is 0 Å². The standard InChI is InChI=1S/C10H12/c1-3-9(2)10-7-5-4-6-8-10/h3-9H,1H2,2H3/t9-/m1/s1. The van der Waals surface area contributed by atoms with Gasteiger partial charge in [0.25, 0.3) is 0 Å². The topological polar surface area (TPSA) is 0 Å². The van der Waals surface area contributed by atoms with Gasteiger partial charge in [0.2, 0.25) is 0 Å². The second kappa shape index (κ2) is 3.21. The van der Waals surface area contributed by atoms with Gasteiger partial charge in [-0.05, 0) is 11.5 Å². The van der Waals surface area contributed by atoms with Crippen LogP contribution in [0.2, 0.25) is 0 Å². The SMILES string of the molecule is C=C[C@@H](C)c1ccccc1. The molecule has 0 fully saturated rings. The van der Waals surface area contributed by atoms with Crippen LogP contribution in [0.1, 0.15) is 18.4 Å². The molecule has 0 aliphatic carbocycles. The fraction of sp³-hybridized carbons (Fsp3) is 0.200. The van der Waals surface area contributed by atoms with Gasteiger partial charge in [0.1, 0.15) is 0 Å². The van der Waals surface area contributed by atoms with Crippen LogP contribution in [0.15, 0.2) is 43.0 Å². The van der Waals surface area contributed by atoms with Gasteiger partial charge in [-0.15, -0.1) is 6.58 Å². The highest BCUT2D eigenvalue weighted by atomic mass is 14.0. The van der Waals surface area contributed by atoms with Crippen molar-refractivity contribution in [2.24, 2.45) is 0 Å². The fourth-order valence-electron chi connectivity index (χ4n) is 0.893. The van der Waals surface area contributed by atoms with Crippen molar-refractivity contribution in [1.29, 1.82) is 0 Å². The van der Waals surface area contributed by atoms with Gasteiger partial charge in [0.05, 0.1) is 0 Å². The highest BCUT2D eigenvalue weighted by Gasteiger charge is 1.96. The van der Waals surface area contributed by atoms with Crippen LogP contribution in [0.3, 0.4) is 0 Å². The second-order valence-corrected chi connectivity index (χ2v) is 2.44. The fourth-order valence-corrected chi connectivity index (χ4v) is 0.893. The molecule has 1 rings (SSSR count). The summed E-state index contributed by atoms with van der Waals surface area (Å²) in [5.41, 5.74) is 1.33. The summed E-state index contributed by atoms with van der Waals surface area (Å²) in [6.07, 6.45) is 1.95. The lowest BCUT2D eigenvalue weighted by Gasteiger charge is -2.03. The van der Waals surface area contributed by atoms with Crippen molar-refractivity contribution in [2.45, 2.75) is 12.8 Å². The van der Waals surface area contributed by atoms with Gasteiger partial charge in [0.15, 0.2) is 0 Å². The van der Waals surface area contributed by atoms with E-state index in [4.69, 9.17) is 0 Å². The Labute approximate surface area is 62.2 Å². The third-order valence-electron chi connectivity index (χ3n) is 1.68. The van der Waals surface area contributed by atoms with E-state index in [0.29, 0.717) is 5.92 Å². The molecule has 0 saturated carbocycles. The van der Waals surface area contributed by atoms with Crippen molar-refractivity contribution in [1.82, 2.24) is 0 Å². The van der Waals surface area contributed by atoms with Crippen LogP contribution in [0.25, 0.3) is 0 Å². The normalized spacial score (nSPS) is 12.5. The van der Waals surface area contributed by atoms with E-state index in [1.807, 2.05) is 12.1 Å². The van der Waals surface area contributed by atoms with Crippen molar-refractivity contribution in [3.63, 3.8) is 0 Å². The number of allylic oxidation sites excluding steroid dienone is 1. The highest BCUT2D eigenvalue weighted by Crippen LogP contribution is 2.14. The first kappa shape index (κ1) is 7.07. The summed E-state index contributed by atoms with van der Waals surface area (Å²) in [4.78, 5) is 0. The molecular formula is C10H12. The molecule has 0 bridgehead atoms. The van der Waals surface area contributed by atoms with E-state index in [0.717, 1.165) is 0 Å². The summed E-state index contributed by atoms with van der Waals surface area (Å²) in [5.74, 6) is 0.473. The summed E-state index contributed by atoms with van der Waals surface area (Å²) in [5, 5.41) is 0. The van der Waals surface area contributed by atoms with E-state index in [1.54, 1.807) is 0 Å². The van der Waals surface area contributed by atoms with Gasteiger partial charge >= 0.3 is 0 Å². The number of hydrogen-bond donors (Lipinski definition) is 0. The Bertz CT molecular complexity index is 199. The molecule has 1 aromatic carbocycles. The van der Waals surface area contributed by atoms with Crippen molar-refractivity contribution < 1.29 is 0 Å². The molecule has 0 N–H and O–H groups in total. The molecule has 1 aromatic rings. The van der Waals surface area contributed by atoms with Crippen molar-refractivity contribution >= 4 is 0 Å². The van der Waals surface area contributed by atoms with E-state index in [1.165, 1.54) is 5.56 Å². The zero-order valence-electron chi connectivity index (χ0n) is 6.25. The van der Waals surface area contributed by atoms with Crippen LogP contribution < -0.4 is 0 Å². The van der Waals surface area contributed by atoms with Crippen molar-refractivity contribution in [3.8, 4) is 0 Å². The molecule has 0 saturated heterocycles. The molecule has 0 amide bonds.